The Hall–Kier alpha value is -2.77. The van der Waals surface area contributed by atoms with Crippen LogP contribution in [0.3, 0.4) is 0 Å². The van der Waals surface area contributed by atoms with E-state index in [1.807, 2.05) is 73.5 Å². The average molecular weight is 496 g/mol. The van der Waals surface area contributed by atoms with Gasteiger partial charge in [0.05, 0.1) is 0 Å². The van der Waals surface area contributed by atoms with Gasteiger partial charge in [0.25, 0.3) is 0 Å². The van der Waals surface area contributed by atoms with E-state index in [4.69, 9.17) is 16.6 Å². The van der Waals surface area contributed by atoms with Gasteiger partial charge in [-0.3, -0.25) is 0 Å². The van der Waals surface area contributed by atoms with Crippen LogP contribution in [0.25, 0.3) is 0 Å². The molecule has 8 heteroatoms. The van der Waals surface area contributed by atoms with Gasteiger partial charge >= 0.3 is 6.03 Å². The lowest BCUT2D eigenvalue weighted by molar-refractivity contribution is 0.215. The molecule has 1 aliphatic rings. The fraction of sp³-hybridized carbons (Fsp3) is 0.346. The summed E-state index contributed by atoms with van der Waals surface area (Å²) in [4.78, 5) is 27.7. The summed E-state index contributed by atoms with van der Waals surface area (Å²) in [5.41, 5.74) is 4.10. The Balaban J connectivity index is 1.47. The number of amides is 2. The molecule has 1 aromatic heterocycles. The first-order chi connectivity index (χ1) is 16.4. The van der Waals surface area contributed by atoms with Crippen molar-refractivity contribution < 1.29 is 4.79 Å². The minimum Gasteiger partial charge on any atom is -0.354 e. The number of halogens is 1. The molecule has 1 fully saturated rings. The first-order valence-corrected chi connectivity index (χ1v) is 13.1. The third kappa shape index (κ3) is 6.02. The number of aromatic nitrogens is 2. The van der Waals surface area contributed by atoms with Crippen LogP contribution in [0.5, 0.6) is 0 Å². The van der Waals surface area contributed by atoms with Crippen molar-refractivity contribution in [3.63, 3.8) is 0 Å². The minimum absolute atomic E-state index is 0.0600. The topological polar surface area (TPSA) is 61.4 Å². The van der Waals surface area contributed by atoms with E-state index in [1.165, 1.54) is 10.5 Å². The highest BCUT2D eigenvalue weighted by Gasteiger charge is 2.23. The van der Waals surface area contributed by atoms with E-state index in [1.54, 1.807) is 11.8 Å². The lowest BCUT2D eigenvalue weighted by Crippen LogP contribution is -2.38. The monoisotopic (exact) mass is 495 g/mol. The van der Waals surface area contributed by atoms with Crippen molar-refractivity contribution in [1.82, 2.24) is 14.9 Å². The Morgan fingerprint density at radius 2 is 1.74 bits per heavy atom. The molecule has 2 heterocycles. The largest absolute Gasteiger partial charge is 0.354 e. The van der Waals surface area contributed by atoms with Crippen molar-refractivity contribution in [2.45, 2.75) is 31.6 Å². The van der Waals surface area contributed by atoms with Gasteiger partial charge in [-0.1, -0.05) is 23.7 Å². The highest BCUT2D eigenvalue weighted by molar-refractivity contribution is 7.98. The summed E-state index contributed by atoms with van der Waals surface area (Å²) in [6.45, 7) is 6.89. The molecular weight excluding hydrogens is 466 g/mol. The van der Waals surface area contributed by atoms with Crippen LogP contribution in [0, 0.1) is 13.8 Å². The predicted octanol–water partition coefficient (Wildman–Crippen LogP) is 5.80. The van der Waals surface area contributed by atoms with E-state index in [-0.39, 0.29) is 6.03 Å². The summed E-state index contributed by atoms with van der Waals surface area (Å²) in [5, 5.41) is 3.76. The van der Waals surface area contributed by atoms with Gasteiger partial charge in [-0.15, -0.1) is 11.8 Å². The molecule has 0 saturated carbocycles. The molecule has 0 spiro atoms. The molecule has 1 aliphatic heterocycles. The summed E-state index contributed by atoms with van der Waals surface area (Å²) in [5.74, 6) is 1.73. The van der Waals surface area contributed by atoms with Crippen molar-refractivity contribution in [1.29, 1.82) is 0 Å². The number of carbonyl (C=O) groups is 1. The van der Waals surface area contributed by atoms with Crippen LogP contribution < -0.4 is 10.2 Å². The van der Waals surface area contributed by atoms with Crippen LogP contribution in [0.2, 0.25) is 5.02 Å². The number of urea groups is 1. The Morgan fingerprint density at radius 1 is 1.00 bits per heavy atom. The molecule has 0 bridgehead atoms. The summed E-state index contributed by atoms with van der Waals surface area (Å²) < 4.78 is 0. The van der Waals surface area contributed by atoms with Crippen molar-refractivity contribution >= 4 is 40.9 Å². The maximum absolute atomic E-state index is 12.9. The van der Waals surface area contributed by atoms with Crippen molar-refractivity contribution in [2.75, 3.05) is 42.7 Å². The number of carbonyl (C=O) groups excluding carboxylic acids is 1. The molecule has 0 radical (unpaired) electrons. The highest BCUT2D eigenvalue weighted by atomic mass is 35.5. The molecule has 2 aromatic carbocycles. The number of nitrogens with zero attached hydrogens (tertiary/aromatic N) is 4. The Bertz CT molecular complexity index is 1140. The molecule has 0 unspecified atom stereocenters. The maximum atomic E-state index is 12.9. The van der Waals surface area contributed by atoms with Gasteiger partial charge in [-0.05, 0) is 68.5 Å². The van der Waals surface area contributed by atoms with Crippen molar-refractivity contribution in [3.8, 4) is 0 Å². The SMILES string of the molecule is CSc1ccc(NC(=O)N2CCCN(c3nc(C)nc(C)c3Cc3ccc(Cl)cc3)CC2)cc1. The summed E-state index contributed by atoms with van der Waals surface area (Å²) in [7, 11) is 0. The van der Waals surface area contributed by atoms with Crippen molar-refractivity contribution in [2.24, 2.45) is 0 Å². The molecule has 6 nitrogen and oxygen atoms in total. The number of nitrogens with one attached hydrogen (secondary N) is 1. The highest BCUT2D eigenvalue weighted by Crippen LogP contribution is 2.26. The fourth-order valence-corrected chi connectivity index (χ4v) is 4.74. The fourth-order valence-electron chi connectivity index (χ4n) is 4.20. The second-order valence-electron chi connectivity index (χ2n) is 8.45. The molecule has 1 N–H and O–H groups in total. The Kier molecular flexibility index (Phi) is 7.95. The number of aryl methyl sites for hydroxylation is 2. The van der Waals surface area contributed by atoms with E-state index < -0.39 is 0 Å². The second-order valence-corrected chi connectivity index (χ2v) is 9.76. The first kappa shape index (κ1) is 24.4. The maximum Gasteiger partial charge on any atom is 0.321 e. The minimum atomic E-state index is -0.0600. The number of benzene rings is 2. The molecule has 4 rings (SSSR count). The third-order valence-electron chi connectivity index (χ3n) is 6.02. The van der Waals surface area contributed by atoms with Crippen LogP contribution in [0.15, 0.2) is 53.4 Å². The zero-order chi connectivity index (χ0) is 24.1. The van der Waals surface area contributed by atoms with E-state index in [0.717, 1.165) is 59.5 Å². The predicted molar refractivity (Wildman–Crippen MR) is 141 cm³/mol. The molecule has 2 amide bonds. The van der Waals surface area contributed by atoms with E-state index >= 15 is 0 Å². The van der Waals surface area contributed by atoms with E-state index in [9.17, 15) is 4.79 Å². The van der Waals surface area contributed by atoms with Gasteiger partial charge in [0, 0.05) is 59.5 Å². The average Bonchev–Trinajstić information content (AvgIpc) is 3.09. The summed E-state index contributed by atoms with van der Waals surface area (Å²) in [6.07, 6.45) is 3.66. The zero-order valence-electron chi connectivity index (χ0n) is 19.8. The first-order valence-electron chi connectivity index (χ1n) is 11.5. The van der Waals surface area contributed by atoms with Crippen LogP contribution in [-0.2, 0) is 6.42 Å². The van der Waals surface area contributed by atoms with Crippen LogP contribution in [-0.4, -0.2) is 53.3 Å². The number of rotatable bonds is 5. The molecule has 34 heavy (non-hydrogen) atoms. The zero-order valence-corrected chi connectivity index (χ0v) is 21.4. The molecule has 3 aromatic rings. The standard InChI is InChI=1S/C26H30ClN5OS/c1-18-24(17-20-5-7-21(27)8-6-20)25(29-19(2)28-18)31-13-4-14-32(16-15-31)26(33)30-22-9-11-23(34-3)12-10-22/h5-12H,4,13-17H2,1-3H3,(H,30,33). The lowest BCUT2D eigenvalue weighted by Gasteiger charge is -2.26. The van der Waals surface area contributed by atoms with Gasteiger partial charge in [-0.25, -0.2) is 14.8 Å². The van der Waals surface area contributed by atoms with Gasteiger partial charge in [0.2, 0.25) is 0 Å². The second kappa shape index (κ2) is 11.1. The van der Waals surface area contributed by atoms with Crippen LogP contribution in [0.4, 0.5) is 16.3 Å². The molecule has 0 aliphatic carbocycles. The third-order valence-corrected chi connectivity index (χ3v) is 7.02. The Morgan fingerprint density at radius 3 is 2.44 bits per heavy atom. The number of hydrogen-bond donors (Lipinski definition) is 1. The van der Waals surface area contributed by atoms with Gasteiger partial charge in [0.1, 0.15) is 11.6 Å². The van der Waals surface area contributed by atoms with Crippen molar-refractivity contribution in [3.05, 3.63) is 76.2 Å². The van der Waals surface area contributed by atoms with Gasteiger partial charge < -0.3 is 15.1 Å². The number of thioether (sulfide) groups is 1. The van der Waals surface area contributed by atoms with E-state index in [0.29, 0.717) is 13.1 Å². The lowest BCUT2D eigenvalue weighted by atomic mass is 10.0. The van der Waals surface area contributed by atoms with Gasteiger partial charge in [0.15, 0.2) is 0 Å². The number of hydrogen-bond acceptors (Lipinski definition) is 5. The molecule has 0 atom stereocenters. The summed E-state index contributed by atoms with van der Waals surface area (Å²) >= 11 is 7.75. The number of anilines is 2. The van der Waals surface area contributed by atoms with E-state index in [2.05, 4.69) is 15.2 Å². The normalized spacial score (nSPS) is 14.1. The molecule has 1 saturated heterocycles. The smallest absolute Gasteiger partial charge is 0.321 e. The molecular formula is C26H30ClN5OS. The summed E-state index contributed by atoms with van der Waals surface area (Å²) in [6, 6.07) is 15.8. The molecule has 178 valence electrons. The van der Waals surface area contributed by atoms with Gasteiger partial charge in [-0.2, -0.15) is 0 Å². The quantitative estimate of drug-likeness (QED) is 0.453. The van der Waals surface area contributed by atoms with Crippen LogP contribution in [0.1, 0.15) is 29.1 Å². The van der Waals surface area contributed by atoms with Crippen LogP contribution >= 0.6 is 23.4 Å². The Labute approximate surface area is 210 Å².